The van der Waals surface area contributed by atoms with E-state index in [0.29, 0.717) is 18.3 Å². The molecule has 8 heteroatoms. The van der Waals surface area contributed by atoms with Gasteiger partial charge in [-0.25, -0.2) is 13.4 Å². The van der Waals surface area contributed by atoms with Gasteiger partial charge in [-0.15, -0.1) is 11.3 Å². The number of thiazole rings is 1. The summed E-state index contributed by atoms with van der Waals surface area (Å²) in [5, 5.41) is 6.06. The minimum Gasteiger partial charge on any atom is -0.308 e. The van der Waals surface area contributed by atoms with Crippen LogP contribution in [0.4, 0.5) is 0 Å². The van der Waals surface area contributed by atoms with Crippen LogP contribution < -0.4 is 5.32 Å². The van der Waals surface area contributed by atoms with Crippen molar-refractivity contribution in [2.24, 2.45) is 0 Å². The Morgan fingerprint density at radius 3 is 2.95 bits per heavy atom. The highest BCUT2D eigenvalue weighted by molar-refractivity contribution is 8.00. The van der Waals surface area contributed by atoms with Crippen LogP contribution in [-0.4, -0.2) is 54.0 Å². The molecule has 1 unspecified atom stereocenters. The van der Waals surface area contributed by atoms with E-state index < -0.39 is 9.84 Å². The van der Waals surface area contributed by atoms with Crippen LogP contribution in [0.25, 0.3) is 0 Å². The lowest BCUT2D eigenvalue weighted by Crippen LogP contribution is -2.46. The highest BCUT2D eigenvalue weighted by Crippen LogP contribution is 2.23. The fraction of sp³-hybridized carbons (Fsp3) is 0.769. The first-order chi connectivity index (χ1) is 9.86. The Morgan fingerprint density at radius 1 is 1.52 bits per heavy atom. The topological polar surface area (TPSA) is 62.3 Å². The highest BCUT2D eigenvalue weighted by Gasteiger charge is 2.31. The molecule has 0 aromatic carbocycles. The highest BCUT2D eigenvalue weighted by atomic mass is 32.2. The molecule has 0 spiro atoms. The Labute approximate surface area is 135 Å². The minimum absolute atomic E-state index is 0.379. The molecule has 21 heavy (non-hydrogen) atoms. The average molecular weight is 350 g/mol. The van der Waals surface area contributed by atoms with E-state index in [2.05, 4.69) is 24.1 Å². The summed E-state index contributed by atoms with van der Waals surface area (Å²) >= 11 is 3.35. The predicted molar refractivity (Wildman–Crippen MR) is 90.5 cm³/mol. The Hall–Kier alpha value is -0.150. The molecule has 0 radical (unpaired) electrons. The van der Waals surface area contributed by atoms with Gasteiger partial charge >= 0.3 is 0 Å². The van der Waals surface area contributed by atoms with E-state index in [1.807, 2.05) is 10.3 Å². The fourth-order valence-corrected chi connectivity index (χ4v) is 5.87. The molecular weight excluding hydrogens is 326 g/mol. The molecule has 0 saturated carbocycles. The molecule has 1 fully saturated rings. The van der Waals surface area contributed by atoms with Crippen LogP contribution in [0.15, 0.2) is 5.38 Å². The van der Waals surface area contributed by atoms with Crippen molar-refractivity contribution in [1.29, 1.82) is 0 Å². The zero-order valence-corrected chi connectivity index (χ0v) is 15.2. The van der Waals surface area contributed by atoms with Gasteiger partial charge in [0, 0.05) is 48.8 Å². The number of rotatable bonds is 6. The zero-order valence-electron chi connectivity index (χ0n) is 12.7. The van der Waals surface area contributed by atoms with Crippen molar-refractivity contribution >= 4 is 32.9 Å². The number of hydrogen-bond acceptors (Lipinski definition) is 7. The number of nitrogens with one attached hydrogen (secondary N) is 1. The first-order valence-electron chi connectivity index (χ1n) is 7.03. The van der Waals surface area contributed by atoms with Crippen LogP contribution in [0.1, 0.15) is 24.5 Å². The van der Waals surface area contributed by atoms with E-state index in [0.717, 1.165) is 29.5 Å². The van der Waals surface area contributed by atoms with Crippen molar-refractivity contribution in [1.82, 2.24) is 15.2 Å². The van der Waals surface area contributed by atoms with Crippen LogP contribution in [0.5, 0.6) is 0 Å². The lowest BCUT2D eigenvalue weighted by atomic mass is 10.4. The summed E-state index contributed by atoms with van der Waals surface area (Å²) in [6.45, 7) is 6.41. The van der Waals surface area contributed by atoms with Gasteiger partial charge in [0.05, 0.1) is 5.69 Å². The number of thioether (sulfide) groups is 1. The Bertz CT molecular complexity index is 557. The summed E-state index contributed by atoms with van der Waals surface area (Å²) in [6.07, 6.45) is 1.33. The first-order valence-corrected chi connectivity index (χ1v) is 11.0. The van der Waals surface area contributed by atoms with Crippen LogP contribution in [0.3, 0.4) is 0 Å². The molecule has 0 bridgehead atoms. The zero-order chi connectivity index (χ0) is 15.5. The van der Waals surface area contributed by atoms with Gasteiger partial charge in [-0.05, 0) is 0 Å². The van der Waals surface area contributed by atoms with Gasteiger partial charge in [0.1, 0.15) is 10.4 Å². The van der Waals surface area contributed by atoms with Gasteiger partial charge in [-0.3, -0.25) is 4.90 Å². The maximum atomic E-state index is 11.9. The van der Waals surface area contributed by atoms with E-state index in [1.165, 1.54) is 6.26 Å². The molecular formula is C13H23N3O2S3. The molecule has 120 valence electrons. The summed E-state index contributed by atoms with van der Waals surface area (Å²) < 4.78 is 23.8. The molecule has 2 rings (SSSR count). The lowest BCUT2D eigenvalue weighted by Gasteiger charge is -2.33. The second-order valence-electron chi connectivity index (χ2n) is 5.60. The first kappa shape index (κ1) is 17.2. The lowest BCUT2D eigenvalue weighted by molar-refractivity contribution is 0.259. The number of sulfone groups is 1. The van der Waals surface area contributed by atoms with Gasteiger partial charge < -0.3 is 5.32 Å². The van der Waals surface area contributed by atoms with Crippen LogP contribution >= 0.6 is 23.1 Å². The van der Waals surface area contributed by atoms with Crippen molar-refractivity contribution in [2.75, 3.05) is 24.3 Å². The van der Waals surface area contributed by atoms with Crippen LogP contribution in [-0.2, 0) is 22.9 Å². The van der Waals surface area contributed by atoms with Crippen molar-refractivity contribution in [2.45, 2.75) is 38.4 Å². The van der Waals surface area contributed by atoms with Crippen molar-refractivity contribution in [3.05, 3.63) is 16.1 Å². The molecule has 1 atom stereocenters. The molecule has 2 heterocycles. The molecule has 1 aliphatic rings. The van der Waals surface area contributed by atoms with Crippen LogP contribution in [0, 0.1) is 0 Å². The van der Waals surface area contributed by atoms with Gasteiger partial charge in [-0.1, -0.05) is 13.8 Å². The van der Waals surface area contributed by atoms with E-state index in [9.17, 15) is 8.42 Å². The van der Waals surface area contributed by atoms with E-state index in [4.69, 9.17) is 0 Å². The number of hydrogen-bond donors (Lipinski definition) is 1. The standard InChI is InChI=1S/C13H23N3O2S3/c1-10(2)14-6-12-15-11(8-20-12)7-16-4-5-19-9-13(16)21(3,17)18/h8,10,13-14H,4-7,9H2,1-3H3. The van der Waals surface area contributed by atoms with Gasteiger partial charge in [0.2, 0.25) is 0 Å². The Balaban J connectivity index is 1.99. The van der Waals surface area contributed by atoms with Crippen LogP contribution in [0.2, 0.25) is 0 Å². The second-order valence-corrected chi connectivity index (χ2v) is 9.89. The number of aromatic nitrogens is 1. The van der Waals surface area contributed by atoms with Gasteiger partial charge in [0.25, 0.3) is 0 Å². The smallest absolute Gasteiger partial charge is 0.164 e. The van der Waals surface area contributed by atoms with Gasteiger partial charge in [0.15, 0.2) is 9.84 Å². The van der Waals surface area contributed by atoms with E-state index in [1.54, 1.807) is 23.1 Å². The summed E-state index contributed by atoms with van der Waals surface area (Å²) in [5.74, 6) is 1.64. The monoisotopic (exact) mass is 349 g/mol. The maximum Gasteiger partial charge on any atom is 0.164 e. The third-order valence-electron chi connectivity index (χ3n) is 3.31. The largest absolute Gasteiger partial charge is 0.308 e. The molecule has 1 N–H and O–H groups in total. The molecule has 0 aliphatic carbocycles. The van der Waals surface area contributed by atoms with E-state index >= 15 is 0 Å². The summed E-state index contributed by atoms with van der Waals surface area (Å²) in [4.78, 5) is 6.65. The molecule has 1 aromatic heterocycles. The molecule has 1 saturated heterocycles. The summed E-state index contributed by atoms with van der Waals surface area (Å²) in [6, 6.07) is 0.436. The molecule has 1 aliphatic heterocycles. The Morgan fingerprint density at radius 2 is 2.29 bits per heavy atom. The van der Waals surface area contributed by atoms with Crippen molar-refractivity contribution in [3.63, 3.8) is 0 Å². The van der Waals surface area contributed by atoms with E-state index in [-0.39, 0.29) is 5.37 Å². The average Bonchev–Trinajstić information content (AvgIpc) is 2.83. The molecule has 1 aromatic rings. The molecule has 0 amide bonds. The number of nitrogens with zero attached hydrogens (tertiary/aromatic N) is 2. The third-order valence-corrected chi connectivity index (χ3v) is 6.90. The molecule has 5 nitrogen and oxygen atoms in total. The quantitative estimate of drug-likeness (QED) is 0.841. The summed E-state index contributed by atoms with van der Waals surface area (Å²) in [5.41, 5.74) is 0.973. The SMILES string of the molecule is CC(C)NCc1nc(CN2CCSCC2S(C)(=O)=O)cs1. The predicted octanol–water partition coefficient (Wildman–Crippen LogP) is 1.56. The van der Waals surface area contributed by atoms with Crippen molar-refractivity contribution < 1.29 is 8.42 Å². The minimum atomic E-state index is -3.04. The third kappa shape index (κ3) is 5.21. The summed E-state index contributed by atoms with van der Waals surface area (Å²) in [7, 11) is -3.04. The Kier molecular flexibility index (Phi) is 6.07. The fourth-order valence-electron chi connectivity index (χ4n) is 2.19. The maximum absolute atomic E-state index is 11.9. The van der Waals surface area contributed by atoms with Crippen molar-refractivity contribution in [3.8, 4) is 0 Å². The second kappa shape index (κ2) is 7.41. The normalized spacial score (nSPS) is 21.0. The van der Waals surface area contributed by atoms with Gasteiger partial charge in [-0.2, -0.15) is 11.8 Å².